The molecule has 0 saturated heterocycles. The largest absolute Gasteiger partial charge is 0.465 e. The van der Waals surface area contributed by atoms with Crippen LogP contribution in [0, 0.1) is 0 Å². The van der Waals surface area contributed by atoms with Gasteiger partial charge >= 0.3 is 5.97 Å². The average Bonchev–Trinajstić information content (AvgIpc) is 2.93. The van der Waals surface area contributed by atoms with Crippen molar-refractivity contribution >= 4 is 21.9 Å². The molecule has 6 heteroatoms. The van der Waals surface area contributed by atoms with E-state index < -0.39 is 6.04 Å². The van der Waals surface area contributed by atoms with Crippen molar-refractivity contribution in [2.75, 3.05) is 13.4 Å². The van der Waals surface area contributed by atoms with Crippen LogP contribution >= 0.6 is 15.9 Å². The lowest BCUT2D eigenvalue weighted by atomic mass is 10.0. The zero-order chi connectivity index (χ0) is 15.4. The average molecular weight is 358 g/mol. The molecule has 0 radical (unpaired) electrons. The number of fused-ring (bicyclic) bond motifs is 1. The Morgan fingerprint density at radius 3 is 2.86 bits per heavy atom. The van der Waals surface area contributed by atoms with E-state index in [4.69, 9.17) is 14.2 Å². The fourth-order valence-electron chi connectivity index (χ4n) is 2.08. The van der Waals surface area contributed by atoms with E-state index in [1.807, 2.05) is 19.1 Å². The number of benzene rings is 1. The monoisotopic (exact) mass is 357 g/mol. The number of nitrogens with one attached hydrogen (secondary N) is 1. The molecular weight excluding hydrogens is 338 g/mol. The summed E-state index contributed by atoms with van der Waals surface area (Å²) < 4.78 is 16.7. The number of hydrogen-bond acceptors (Lipinski definition) is 5. The molecule has 21 heavy (non-hydrogen) atoms. The Balaban J connectivity index is 2.31. The minimum Gasteiger partial charge on any atom is -0.465 e. The third-order valence-electron chi connectivity index (χ3n) is 3.37. The van der Waals surface area contributed by atoms with Crippen molar-refractivity contribution in [3.63, 3.8) is 0 Å². The molecule has 1 aromatic carbocycles. The Kier molecular flexibility index (Phi) is 5.47. The quantitative estimate of drug-likeness (QED) is 0.792. The van der Waals surface area contributed by atoms with Gasteiger partial charge in [-0.1, -0.05) is 6.92 Å². The maximum atomic E-state index is 12.2. The molecule has 0 bridgehead atoms. The molecule has 0 fully saturated rings. The summed E-state index contributed by atoms with van der Waals surface area (Å²) in [6, 6.07) is 3.36. The van der Waals surface area contributed by atoms with Gasteiger partial charge < -0.3 is 14.2 Å². The van der Waals surface area contributed by atoms with E-state index in [2.05, 4.69) is 28.2 Å². The van der Waals surface area contributed by atoms with Crippen molar-refractivity contribution in [1.29, 1.82) is 0 Å². The van der Waals surface area contributed by atoms with Crippen LogP contribution in [0.1, 0.15) is 38.8 Å². The summed E-state index contributed by atoms with van der Waals surface area (Å²) in [5.41, 5.74) is 0.796. The number of hydrogen-bond donors (Lipinski definition) is 1. The first-order chi connectivity index (χ1) is 10.1. The van der Waals surface area contributed by atoms with Crippen LogP contribution in [0.4, 0.5) is 0 Å². The van der Waals surface area contributed by atoms with Crippen LogP contribution < -0.4 is 14.8 Å². The summed E-state index contributed by atoms with van der Waals surface area (Å²) in [6.07, 6.45) is 0.918. The SMILES string of the molecule is CCOC(=O)C(NC(C)CC)c1cc(Br)c2c(c1)OCO2. The third-order valence-corrected chi connectivity index (χ3v) is 3.96. The smallest absolute Gasteiger partial charge is 0.327 e. The highest BCUT2D eigenvalue weighted by Gasteiger charge is 2.27. The second-order valence-electron chi connectivity index (χ2n) is 4.90. The fraction of sp³-hybridized carbons (Fsp3) is 0.533. The summed E-state index contributed by atoms with van der Waals surface area (Å²) in [5.74, 6) is 1.02. The zero-order valence-electron chi connectivity index (χ0n) is 12.4. The molecule has 0 aromatic heterocycles. The lowest BCUT2D eigenvalue weighted by Gasteiger charge is -2.22. The van der Waals surface area contributed by atoms with Gasteiger partial charge in [0, 0.05) is 6.04 Å². The van der Waals surface area contributed by atoms with Gasteiger partial charge in [-0.3, -0.25) is 5.32 Å². The molecule has 1 N–H and O–H groups in total. The van der Waals surface area contributed by atoms with Gasteiger partial charge in [-0.15, -0.1) is 0 Å². The Morgan fingerprint density at radius 2 is 2.19 bits per heavy atom. The van der Waals surface area contributed by atoms with Crippen LogP contribution in [0.2, 0.25) is 0 Å². The summed E-state index contributed by atoms with van der Waals surface area (Å²) in [6.45, 7) is 6.45. The van der Waals surface area contributed by atoms with Crippen molar-refractivity contribution in [2.45, 2.75) is 39.3 Å². The Labute approximate surface area is 133 Å². The van der Waals surface area contributed by atoms with E-state index in [9.17, 15) is 4.79 Å². The zero-order valence-corrected chi connectivity index (χ0v) is 14.0. The predicted octanol–water partition coefficient (Wildman–Crippen LogP) is 3.17. The van der Waals surface area contributed by atoms with Crippen molar-refractivity contribution in [3.8, 4) is 11.5 Å². The van der Waals surface area contributed by atoms with Gasteiger partial charge in [0.05, 0.1) is 11.1 Å². The van der Waals surface area contributed by atoms with E-state index in [0.29, 0.717) is 18.1 Å². The van der Waals surface area contributed by atoms with Gasteiger partial charge in [0.2, 0.25) is 6.79 Å². The highest BCUT2D eigenvalue weighted by molar-refractivity contribution is 9.10. The summed E-state index contributed by atoms with van der Waals surface area (Å²) in [5, 5.41) is 3.29. The van der Waals surface area contributed by atoms with Crippen molar-refractivity contribution in [3.05, 3.63) is 22.2 Å². The van der Waals surface area contributed by atoms with Gasteiger partial charge in [0.1, 0.15) is 6.04 Å². The predicted molar refractivity (Wildman–Crippen MR) is 82.5 cm³/mol. The van der Waals surface area contributed by atoms with Crippen LogP contribution in [0.15, 0.2) is 16.6 Å². The van der Waals surface area contributed by atoms with E-state index in [1.54, 1.807) is 6.92 Å². The van der Waals surface area contributed by atoms with Crippen molar-refractivity contribution in [1.82, 2.24) is 5.32 Å². The molecule has 2 unspecified atom stereocenters. The fourth-order valence-corrected chi connectivity index (χ4v) is 2.66. The second kappa shape index (κ2) is 7.13. The minimum absolute atomic E-state index is 0.195. The maximum absolute atomic E-state index is 12.2. The Hall–Kier alpha value is -1.27. The van der Waals surface area contributed by atoms with E-state index >= 15 is 0 Å². The van der Waals surface area contributed by atoms with E-state index in [-0.39, 0.29) is 18.8 Å². The molecule has 0 spiro atoms. The Morgan fingerprint density at radius 1 is 1.43 bits per heavy atom. The Bertz CT molecular complexity index is 521. The summed E-state index contributed by atoms with van der Waals surface area (Å²) >= 11 is 3.45. The van der Waals surface area contributed by atoms with Gasteiger partial charge in [-0.25, -0.2) is 4.79 Å². The van der Waals surface area contributed by atoms with Gasteiger partial charge in [-0.2, -0.15) is 0 Å². The van der Waals surface area contributed by atoms with E-state index in [1.165, 1.54) is 0 Å². The van der Waals surface area contributed by atoms with Crippen molar-refractivity contribution < 1.29 is 19.0 Å². The highest BCUT2D eigenvalue weighted by Crippen LogP contribution is 2.41. The molecule has 0 saturated carbocycles. The standard InChI is InChI=1S/C15H20BrNO4/c1-4-9(3)17-13(15(18)19-5-2)10-6-11(16)14-12(7-10)20-8-21-14/h6-7,9,13,17H,4-5,8H2,1-3H3. The molecule has 0 aliphatic carbocycles. The molecule has 116 valence electrons. The topological polar surface area (TPSA) is 56.8 Å². The van der Waals surface area contributed by atoms with E-state index in [0.717, 1.165) is 16.5 Å². The van der Waals surface area contributed by atoms with Crippen LogP contribution in [-0.4, -0.2) is 25.4 Å². The molecule has 5 nitrogen and oxygen atoms in total. The first-order valence-corrected chi connectivity index (χ1v) is 7.87. The summed E-state index contributed by atoms with van der Waals surface area (Å²) in [4.78, 5) is 12.2. The molecule has 2 atom stereocenters. The molecule has 1 heterocycles. The van der Waals surface area contributed by atoms with Crippen LogP contribution in [0.5, 0.6) is 11.5 Å². The molecular formula is C15H20BrNO4. The maximum Gasteiger partial charge on any atom is 0.327 e. The third kappa shape index (κ3) is 3.68. The van der Waals surface area contributed by atoms with Gasteiger partial charge in [0.25, 0.3) is 0 Å². The number of rotatable bonds is 6. The van der Waals surface area contributed by atoms with Crippen LogP contribution in [0.25, 0.3) is 0 Å². The second-order valence-corrected chi connectivity index (χ2v) is 5.75. The van der Waals surface area contributed by atoms with Crippen molar-refractivity contribution in [2.24, 2.45) is 0 Å². The minimum atomic E-state index is -0.523. The number of ether oxygens (including phenoxy) is 3. The first kappa shape index (κ1) is 16.1. The lowest BCUT2D eigenvalue weighted by Crippen LogP contribution is -2.36. The number of carbonyl (C=O) groups is 1. The normalized spacial score (nSPS) is 15.6. The molecule has 2 rings (SSSR count). The first-order valence-electron chi connectivity index (χ1n) is 7.08. The molecule has 1 aromatic rings. The van der Waals surface area contributed by atoms with Crippen LogP contribution in [0.3, 0.4) is 0 Å². The number of halogens is 1. The van der Waals surface area contributed by atoms with Gasteiger partial charge in [-0.05, 0) is 53.9 Å². The van der Waals surface area contributed by atoms with Crippen LogP contribution in [-0.2, 0) is 9.53 Å². The highest BCUT2D eigenvalue weighted by atomic mass is 79.9. The molecule has 1 aliphatic heterocycles. The molecule has 1 aliphatic rings. The lowest BCUT2D eigenvalue weighted by molar-refractivity contribution is -0.146. The number of carbonyl (C=O) groups excluding carboxylic acids is 1. The van der Waals surface area contributed by atoms with Gasteiger partial charge in [0.15, 0.2) is 11.5 Å². The number of esters is 1. The molecule has 0 amide bonds. The summed E-state index contributed by atoms with van der Waals surface area (Å²) in [7, 11) is 0.